The van der Waals surface area contributed by atoms with Gasteiger partial charge in [-0.2, -0.15) is 10.4 Å². The summed E-state index contributed by atoms with van der Waals surface area (Å²) in [5.74, 6) is 1.40. The molecule has 0 unspecified atom stereocenters. The SMILES string of the molecule is COc1cc(OC)cc(N(CCCNC#N)c2ccc3ncc(-c4cnn(C)c4)nc3c2)c1. The minimum Gasteiger partial charge on any atom is -0.497 e. The summed E-state index contributed by atoms with van der Waals surface area (Å²) in [6, 6.07) is 11.8. The number of nitrogens with zero attached hydrogens (tertiary/aromatic N) is 6. The minimum absolute atomic E-state index is 0.576. The van der Waals surface area contributed by atoms with Crippen LogP contribution in [-0.2, 0) is 7.05 Å². The number of fused-ring (bicyclic) bond motifs is 1. The second kappa shape index (κ2) is 9.87. The summed E-state index contributed by atoms with van der Waals surface area (Å²) in [5, 5.41) is 15.7. The lowest BCUT2D eigenvalue weighted by molar-refractivity contribution is 0.394. The van der Waals surface area contributed by atoms with E-state index in [-0.39, 0.29) is 0 Å². The van der Waals surface area contributed by atoms with Crippen molar-refractivity contribution in [2.45, 2.75) is 6.42 Å². The number of methoxy groups -OCH3 is 2. The predicted molar refractivity (Wildman–Crippen MR) is 127 cm³/mol. The zero-order valence-corrected chi connectivity index (χ0v) is 18.8. The van der Waals surface area contributed by atoms with Crippen LogP contribution in [-0.4, -0.2) is 47.1 Å². The number of nitrogens with one attached hydrogen (secondary N) is 1. The maximum absolute atomic E-state index is 8.81. The van der Waals surface area contributed by atoms with Crippen molar-refractivity contribution in [2.24, 2.45) is 7.05 Å². The number of aryl methyl sites for hydroxylation is 1. The highest BCUT2D eigenvalue weighted by Crippen LogP contribution is 2.34. The fraction of sp³-hybridized carbons (Fsp3) is 0.250. The van der Waals surface area contributed by atoms with E-state index in [1.54, 1.807) is 31.3 Å². The van der Waals surface area contributed by atoms with E-state index in [2.05, 4.69) is 20.3 Å². The minimum atomic E-state index is 0.576. The first-order valence-electron chi connectivity index (χ1n) is 10.5. The molecule has 0 aliphatic carbocycles. The Kier molecular flexibility index (Phi) is 6.55. The molecule has 4 rings (SSSR count). The van der Waals surface area contributed by atoms with E-state index in [0.717, 1.165) is 40.1 Å². The van der Waals surface area contributed by atoms with Gasteiger partial charge in [-0.1, -0.05) is 0 Å². The Labute approximate surface area is 192 Å². The van der Waals surface area contributed by atoms with Crippen molar-refractivity contribution in [1.29, 1.82) is 5.26 Å². The Bertz CT molecular complexity index is 1270. The van der Waals surface area contributed by atoms with Crippen LogP contribution in [0.4, 0.5) is 11.4 Å². The quantitative estimate of drug-likeness (QED) is 0.238. The number of hydrogen-bond donors (Lipinski definition) is 1. The highest BCUT2D eigenvalue weighted by atomic mass is 16.5. The average molecular weight is 444 g/mol. The molecule has 0 atom stereocenters. The van der Waals surface area contributed by atoms with E-state index < -0.39 is 0 Å². The van der Waals surface area contributed by atoms with Crippen LogP contribution in [0.5, 0.6) is 11.5 Å². The molecule has 0 amide bonds. The predicted octanol–water partition coefficient (Wildman–Crippen LogP) is 3.65. The topological polar surface area (TPSA) is 101 Å². The smallest absolute Gasteiger partial charge is 0.176 e. The lowest BCUT2D eigenvalue weighted by atomic mass is 10.1. The lowest BCUT2D eigenvalue weighted by Crippen LogP contribution is -2.22. The molecule has 1 N–H and O–H groups in total. The molecule has 4 aromatic rings. The summed E-state index contributed by atoms with van der Waals surface area (Å²) in [4.78, 5) is 11.6. The second-order valence-corrected chi connectivity index (χ2v) is 7.45. The molecule has 0 bridgehead atoms. The van der Waals surface area contributed by atoms with Gasteiger partial charge < -0.3 is 19.7 Å². The van der Waals surface area contributed by atoms with Gasteiger partial charge in [0, 0.05) is 61.5 Å². The van der Waals surface area contributed by atoms with Crippen LogP contribution in [0.1, 0.15) is 6.42 Å². The van der Waals surface area contributed by atoms with E-state index >= 15 is 0 Å². The van der Waals surface area contributed by atoms with Gasteiger partial charge in [0.1, 0.15) is 11.5 Å². The second-order valence-electron chi connectivity index (χ2n) is 7.45. The normalized spacial score (nSPS) is 10.6. The molecule has 0 spiro atoms. The number of rotatable bonds is 9. The number of anilines is 2. The van der Waals surface area contributed by atoms with Crippen molar-refractivity contribution in [3.05, 3.63) is 55.0 Å². The first kappa shape index (κ1) is 21.9. The number of benzene rings is 2. The Morgan fingerprint density at radius 1 is 1.03 bits per heavy atom. The van der Waals surface area contributed by atoms with Crippen LogP contribution < -0.4 is 19.7 Å². The molecule has 0 aliphatic rings. The standard InChI is InChI=1S/C24H25N7O2/c1-30-15-17(13-28-30)24-14-27-22-6-5-18(11-23(22)29-24)31(8-4-7-26-16-25)19-9-20(32-2)12-21(10-19)33-3/h5-6,9-15,26H,4,7-8H2,1-3H3. The molecule has 9 nitrogen and oxygen atoms in total. The number of nitriles is 1. The maximum atomic E-state index is 8.81. The van der Waals surface area contributed by atoms with Crippen LogP contribution in [0.2, 0.25) is 0 Å². The Balaban J connectivity index is 1.75. The zero-order valence-electron chi connectivity index (χ0n) is 18.8. The van der Waals surface area contributed by atoms with Crippen molar-refractivity contribution in [3.63, 3.8) is 0 Å². The van der Waals surface area contributed by atoms with Crippen molar-refractivity contribution in [2.75, 3.05) is 32.2 Å². The van der Waals surface area contributed by atoms with Crippen LogP contribution >= 0.6 is 0 Å². The average Bonchev–Trinajstić information content (AvgIpc) is 3.29. The molecule has 0 fully saturated rings. The third-order valence-electron chi connectivity index (χ3n) is 5.25. The third-order valence-corrected chi connectivity index (χ3v) is 5.25. The van der Waals surface area contributed by atoms with Crippen LogP contribution in [0.3, 0.4) is 0 Å². The lowest BCUT2D eigenvalue weighted by Gasteiger charge is -2.26. The van der Waals surface area contributed by atoms with Crippen molar-refractivity contribution in [3.8, 4) is 28.9 Å². The van der Waals surface area contributed by atoms with Gasteiger partial charge in [-0.15, -0.1) is 0 Å². The van der Waals surface area contributed by atoms with Crippen LogP contribution in [0, 0.1) is 11.5 Å². The fourth-order valence-corrected chi connectivity index (χ4v) is 3.60. The molecule has 33 heavy (non-hydrogen) atoms. The Morgan fingerprint density at radius 2 is 1.82 bits per heavy atom. The van der Waals surface area contributed by atoms with Crippen molar-refractivity contribution in [1.82, 2.24) is 25.1 Å². The van der Waals surface area contributed by atoms with E-state index in [1.165, 1.54) is 0 Å². The summed E-state index contributed by atoms with van der Waals surface area (Å²) < 4.78 is 12.7. The molecular formula is C24H25N7O2. The molecule has 2 aromatic carbocycles. The summed E-state index contributed by atoms with van der Waals surface area (Å²) in [7, 11) is 5.13. The summed E-state index contributed by atoms with van der Waals surface area (Å²) in [6.45, 7) is 1.25. The van der Waals surface area contributed by atoms with Crippen molar-refractivity contribution >= 4 is 22.4 Å². The van der Waals surface area contributed by atoms with Gasteiger partial charge in [0.15, 0.2) is 6.19 Å². The van der Waals surface area contributed by atoms with Gasteiger partial charge in [0.2, 0.25) is 0 Å². The largest absolute Gasteiger partial charge is 0.497 e. The van der Waals surface area contributed by atoms with E-state index in [9.17, 15) is 0 Å². The Morgan fingerprint density at radius 3 is 2.48 bits per heavy atom. The van der Waals surface area contributed by atoms with Crippen LogP contribution in [0.25, 0.3) is 22.3 Å². The van der Waals surface area contributed by atoms with E-state index in [1.807, 2.05) is 55.8 Å². The molecule has 2 aromatic heterocycles. The monoisotopic (exact) mass is 443 g/mol. The molecule has 0 aliphatic heterocycles. The Hall–Kier alpha value is -4.32. The number of ether oxygens (including phenoxy) is 2. The highest BCUT2D eigenvalue weighted by Gasteiger charge is 2.14. The molecule has 9 heteroatoms. The first-order chi connectivity index (χ1) is 16.1. The van der Waals surface area contributed by atoms with Gasteiger partial charge in [-0.3, -0.25) is 9.67 Å². The van der Waals surface area contributed by atoms with Gasteiger partial charge in [0.05, 0.1) is 43.3 Å². The summed E-state index contributed by atoms with van der Waals surface area (Å²) >= 11 is 0. The summed E-state index contributed by atoms with van der Waals surface area (Å²) in [5.41, 5.74) is 5.13. The van der Waals surface area contributed by atoms with Crippen LogP contribution in [0.15, 0.2) is 55.0 Å². The number of aromatic nitrogens is 4. The zero-order chi connectivity index (χ0) is 23.2. The summed E-state index contributed by atoms with van der Waals surface area (Å²) in [6.07, 6.45) is 8.18. The van der Waals surface area contributed by atoms with E-state index in [4.69, 9.17) is 19.7 Å². The molecule has 0 saturated carbocycles. The van der Waals surface area contributed by atoms with Crippen molar-refractivity contribution < 1.29 is 9.47 Å². The molecule has 0 radical (unpaired) electrons. The van der Waals surface area contributed by atoms with Gasteiger partial charge in [-0.25, -0.2) is 4.98 Å². The molecular weight excluding hydrogens is 418 g/mol. The molecule has 0 saturated heterocycles. The highest BCUT2D eigenvalue weighted by molar-refractivity contribution is 5.82. The number of hydrogen-bond acceptors (Lipinski definition) is 8. The first-order valence-corrected chi connectivity index (χ1v) is 10.5. The molecule has 168 valence electrons. The van der Waals surface area contributed by atoms with E-state index in [0.29, 0.717) is 24.6 Å². The van der Waals surface area contributed by atoms with Gasteiger partial charge >= 0.3 is 0 Å². The third kappa shape index (κ3) is 4.96. The fourth-order valence-electron chi connectivity index (χ4n) is 3.60. The maximum Gasteiger partial charge on any atom is 0.176 e. The van der Waals surface area contributed by atoms with Gasteiger partial charge in [0.25, 0.3) is 0 Å². The molecule has 2 heterocycles. The van der Waals surface area contributed by atoms with Gasteiger partial charge in [-0.05, 0) is 24.6 Å².